The Bertz CT molecular complexity index is 817. The number of carboxylic acid groups (broad SMARTS) is 1. The van der Waals surface area contributed by atoms with Gasteiger partial charge in [-0.05, 0) is 31.5 Å². The molecular formula is C15H15N3O3. The van der Waals surface area contributed by atoms with Gasteiger partial charge in [-0.3, -0.25) is 0 Å². The average Bonchev–Trinajstić information content (AvgIpc) is 3.05. The number of furan rings is 1. The third-order valence-electron chi connectivity index (χ3n) is 3.36. The van der Waals surface area contributed by atoms with Crippen LogP contribution in [0.2, 0.25) is 0 Å². The topological polar surface area (TPSA) is 81.1 Å². The number of hydrogen-bond donors (Lipinski definition) is 1. The van der Waals surface area contributed by atoms with Crippen molar-refractivity contribution in [3.05, 3.63) is 47.2 Å². The quantitative estimate of drug-likeness (QED) is 0.797. The zero-order valence-corrected chi connectivity index (χ0v) is 11.8. The minimum atomic E-state index is -0.967. The number of aryl methyl sites for hydroxylation is 2. The van der Waals surface area contributed by atoms with Crippen LogP contribution in [-0.4, -0.2) is 25.8 Å². The van der Waals surface area contributed by atoms with Gasteiger partial charge in [0.25, 0.3) is 0 Å². The van der Waals surface area contributed by atoms with Gasteiger partial charge in [0, 0.05) is 5.69 Å². The first-order chi connectivity index (χ1) is 10.1. The normalized spacial score (nSPS) is 11.1. The smallest absolute Gasteiger partial charge is 0.336 e. The first-order valence-corrected chi connectivity index (χ1v) is 6.72. The molecule has 0 spiro atoms. The summed E-state index contributed by atoms with van der Waals surface area (Å²) < 4.78 is 7.20. The summed E-state index contributed by atoms with van der Waals surface area (Å²) in [7, 11) is 0. The molecule has 0 aliphatic carbocycles. The van der Waals surface area contributed by atoms with E-state index in [1.807, 2.05) is 26.0 Å². The number of aromatic nitrogens is 3. The number of rotatable bonds is 4. The first-order valence-electron chi connectivity index (χ1n) is 6.72. The van der Waals surface area contributed by atoms with Crippen LogP contribution in [0.15, 0.2) is 28.8 Å². The molecular weight excluding hydrogens is 270 g/mol. The summed E-state index contributed by atoms with van der Waals surface area (Å²) in [6, 6.07) is 5.37. The predicted molar refractivity (Wildman–Crippen MR) is 76.4 cm³/mol. The maximum absolute atomic E-state index is 11.4. The van der Waals surface area contributed by atoms with Gasteiger partial charge in [-0.15, -0.1) is 0 Å². The van der Waals surface area contributed by atoms with Gasteiger partial charge < -0.3 is 9.52 Å². The highest BCUT2D eigenvalue weighted by molar-refractivity contribution is 6.01. The van der Waals surface area contributed by atoms with E-state index in [0.717, 1.165) is 17.2 Å². The van der Waals surface area contributed by atoms with Gasteiger partial charge in [0.1, 0.15) is 18.1 Å². The number of carbonyl (C=O) groups is 1. The van der Waals surface area contributed by atoms with Gasteiger partial charge in [-0.2, -0.15) is 5.10 Å². The molecule has 0 atom stereocenters. The van der Waals surface area contributed by atoms with E-state index in [9.17, 15) is 9.90 Å². The Kier molecular flexibility index (Phi) is 3.21. The molecule has 0 aliphatic heterocycles. The number of fused-ring (bicyclic) bond motifs is 1. The Balaban J connectivity index is 2.11. The Morgan fingerprint density at radius 3 is 2.86 bits per heavy atom. The highest BCUT2D eigenvalue weighted by Crippen LogP contribution is 2.20. The van der Waals surface area contributed by atoms with Crippen molar-refractivity contribution >= 4 is 17.0 Å². The van der Waals surface area contributed by atoms with Gasteiger partial charge >= 0.3 is 5.97 Å². The second kappa shape index (κ2) is 5.05. The molecule has 0 amide bonds. The Morgan fingerprint density at radius 1 is 1.43 bits per heavy atom. The van der Waals surface area contributed by atoms with Crippen molar-refractivity contribution in [2.24, 2.45) is 0 Å². The summed E-state index contributed by atoms with van der Waals surface area (Å²) in [5.74, 6) is 0.624. The molecule has 6 nitrogen and oxygen atoms in total. The number of hydrogen-bond acceptors (Lipinski definition) is 4. The van der Waals surface area contributed by atoms with Gasteiger partial charge in [-0.25, -0.2) is 14.5 Å². The number of pyridine rings is 1. The van der Waals surface area contributed by atoms with Crippen molar-refractivity contribution in [3.63, 3.8) is 0 Å². The first kappa shape index (κ1) is 13.4. The van der Waals surface area contributed by atoms with Crippen LogP contribution in [0, 0.1) is 6.92 Å². The van der Waals surface area contributed by atoms with E-state index in [2.05, 4.69) is 10.1 Å². The van der Waals surface area contributed by atoms with Crippen LogP contribution in [0.5, 0.6) is 0 Å². The lowest BCUT2D eigenvalue weighted by atomic mass is 10.1. The molecule has 1 N–H and O–H groups in total. The summed E-state index contributed by atoms with van der Waals surface area (Å²) in [5.41, 5.74) is 1.54. The van der Waals surface area contributed by atoms with Crippen LogP contribution in [0.4, 0.5) is 0 Å². The average molecular weight is 285 g/mol. The second-order valence-corrected chi connectivity index (χ2v) is 4.87. The monoisotopic (exact) mass is 285 g/mol. The maximum Gasteiger partial charge on any atom is 0.336 e. The van der Waals surface area contributed by atoms with E-state index in [4.69, 9.17) is 4.42 Å². The molecule has 0 radical (unpaired) electrons. The van der Waals surface area contributed by atoms with Crippen LogP contribution in [0.3, 0.4) is 0 Å². The molecule has 3 heterocycles. The van der Waals surface area contributed by atoms with Crippen molar-refractivity contribution in [2.45, 2.75) is 26.8 Å². The van der Waals surface area contributed by atoms with Gasteiger partial charge in [-0.1, -0.05) is 6.92 Å². The van der Waals surface area contributed by atoms with E-state index in [0.29, 0.717) is 24.0 Å². The zero-order chi connectivity index (χ0) is 15.0. The van der Waals surface area contributed by atoms with Crippen molar-refractivity contribution in [2.75, 3.05) is 0 Å². The summed E-state index contributed by atoms with van der Waals surface area (Å²) in [4.78, 5) is 15.9. The fraction of sp³-hybridized carbons (Fsp3) is 0.267. The van der Waals surface area contributed by atoms with Crippen LogP contribution in [-0.2, 0) is 13.0 Å². The van der Waals surface area contributed by atoms with E-state index in [1.54, 1.807) is 16.9 Å². The van der Waals surface area contributed by atoms with Crippen molar-refractivity contribution in [1.29, 1.82) is 0 Å². The van der Waals surface area contributed by atoms with Crippen LogP contribution in [0.1, 0.15) is 34.5 Å². The maximum atomic E-state index is 11.4. The minimum absolute atomic E-state index is 0.235. The molecule has 0 saturated heterocycles. The van der Waals surface area contributed by atoms with Crippen molar-refractivity contribution in [1.82, 2.24) is 14.8 Å². The zero-order valence-electron chi connectivity index (χ0n) is 11.8. The van der Waals surface area contributed by atoms with E-state index in [1.165, 1.54) is 0 Å². The summed E-state index contributed by atoms with van der Waals surface area (Å²) in [5, 5.41) is 14.1. The van der Waals surface area contributed by atoms with Crippen molar-refractivity contribution in [3.8, 4) is 0 Å². The number of carboxylic acids is 1. The summed E-state index contributed by atoms with van der Waals surface area (Å²) >= 11 is 0. The minimum Gasteiger partial charge on any atom is -0.478 e. The van der Waals surface area contributed by atoms with Crippen molar-refractivity contribution < 1.29 is 14.3 Å². The molecule has 0 saturated carbocycles. The van der Waals surface area contributed by atoms with Crippen LogP contribution in [0.25, 0.3) is 11.0 Å². The number of aromatic carboxylic acids is 1. The molecule has 0 aromatic carbocycles. The highest BCUT2D eigenvalue weighted by Gasteiger charge is 2.16. The SMILES string of the molecule is CCc1cc(C(=O)O)c2cnn(Cc3ccc(C)o3)c2n1. The third-order valence-corrected chi connectivity index (χ3v) is 3.36. The summed E-state index contributed by atoms with van der Waals surface area (Å²) in [6.45, 7) is 4.24. The molecule has 3 rings (SSSR count). The van der Waals surface area contributed by atoms with Crippen LogP contribution < -0.4 is 0 Å². The lowest BCUT2D eigenvalue weighted by Crippen LogP contribution is -2.05. The number of nitrogens with zero attached hydrogens (tertiary/aromatic N) is 3. The molecule has 0 fully saturated rings. The highest BCUT2D eigenvalue weighted by atomic mass is 16.4. The fourth-order valence-electron chi connectivity index (χ4n) is 2.29. The summed E-state index contributed by atoms with van der Waals surface area (Å²) in [6.07, 6.45) is 2.21. The van der Waals surface area contributed by atoms with Gasteiger partial charge in [0.05, 0.1) is 17.1 Å². The largest absolute Gasteiger partial charge is 0.478 e. The lowest BCUT2D eigenvalue weighted by molar-refractivity contribution is 0.0699. The standard InChI is InChI=1S/C15H15N3O3/c1-3-10-6-12(15(19)20)13-7-16-18(14(13)17-10)8-11-5-4-9(2)21-11/h4-7H,3,8H2,1-2H3,(H,19,20). The Hall–Kier alpha value is -2.63. The molecule has 21 heavy (non-hydrogen) atoms. The third kappa shape index (κ3) is 2.40. The predicted octanol–water partition coefficient (Wildman–Crippen LogP) is 2.64. The van der Waals surface area contributed by atoms with Crippen LogP contribution >= 0.6 is 0 Å². The van der Waals surface area contributed by atoms with E-state index in [-0.39, 0.29) is 5.56 Å². The molecule has 0 bridgehead atoms. The molecule has 108 valence electrons. The molecule has 3 aromatic rings. The van der Waals surface area contributed by atoms with Gasteiger partial charge in [0.15, 0.2) is 5.65 Å². The Morgan fingerprint density at radius 2 is 2.24 bits per heavy atom. The molecule has 6 heteroatoms. The Labute approximate surface area is 121 Å². The fourth-order valence-corrected chi connectivity index (χ4v) is 2.29. The van der Waals surface area contributed by atoms with Gasteiger partial charge in [0.2, 0.25) is 0 Å². The molecule has 0 aliphatic rings. The lowest BCUT2D eigenvalue weighted by Gasteiger charge is -2.04. The van der Waals surface area contributed by atoms with E-state index < -0.39 is 5.97 Å². The van der Waals surface area contributed by atoms with E-state index >= 15 is 0 Å². The molecule has 0 unspecified atom stereocenters. The second-order valence-electron chi connectivity index (χ2n) is 4.87. The molecule has 3 aromatic heterocycles.